The molecule has 1 aliphatic heterocycles. The normalized spacial score (nSPS) is 14.6. The molecule has 1 fully saturated rings. The molecular weight excluding hydrogens is 353 g/mol. The zero-order chi connectivity index (χ0) is 19.3. The number of piperazine rings is 1. The molecule has 140 valence electrons. The SMILES string of the molecule is C=CC(=O)N1CCN(c2ccc3nccn3c2)CC1.O=C(O)C(F)(F)F. The van der Waals surface area contributed by atoms with Crippen molar-refractivity contribution in [1.29, 1.82) is 0 Å². The van der Waals surface area contributed by atoms with Crippen molar-refractivity contribution >= 4 is 23.2 Å². The lowest BCUT2D eigenvalue weighted by atomic mass is 10.2. The second-order valence-electron chi connectivity index (χ2n) is 5.40. The number of pyridine rings is 1. The van der Waals surface area contributed by atoms with Crippen LogP contribution in [-0.4, -0.2) is 63.6 Å². The standard InChI is InChI=1S/C14H16N4O.C2HF3O2/c1-2-14(19)17-9-7-16(8-10-17)12-3-4-13-15-5-6-18(13)11-12;3-2(4,5)1(6)7/h2-6,11H,1,7-10H2;(H,6,7). The Kier molecular flexibility index (Phi) is 5.86. The fourth-order valence-corrected chi connectivity index (χ4v) is 2.41. The first-order chi connectivity index (χ1) is 12.2. The molecule has 7 nitrogen and oxygen atoms in total. The number of carbonyl (C=O) groups excluding carboxylic acids is 1. The number of aliphatic carboxylic acids is 1. The van der Waals surface area contributed by atoms with Gasteiger partial charge in [-0.3, -0.25) is 4.79 Å². The fourth-order valence-electron chi connectivity index (χ4n) is 2.41. The van der Waals surface area contributed by atoms with Gasteiger partial charge in [0.2, 0.25) is 5.91 Å². The number of anilines is 1. The van der Waals surface area contributed by atoms with Gasteiger partial charge in [0.15, 0.2) is 0 Å². The van der Waals surface area contributed by atoms with Gasteiger partial charge in [-0.05, 0) is 18.2 Å². The van der Waals surface area contributed by atoms with Gasteiger partial charge in [-0.15, -0.1) is 0 Å². The number of carboxylic acids is 1. The van der Waals surface area contributed by atoms with E-state index in [1.807, 2.05) is 21.6 Å². The molecule has 1 N–H and O–H groups in total. The van der Waals surface area contributed by atoms with Crippen LogP contribution in [0.25, 0.3) is 5.65 Å². The molecule has 1 saturated heterocycles. The first-order valence-corrected chi connectivity index (χ1v) is 7.61. The van der Waals surface area contributed by atoms with Gasteiger partial charge in [0, 0.05) is 44.8 Å². The molecule has 0 radical (unpaired) electrons. The molecule has 3 rings (SSSR count). The molecule has 1 amide bonds. The number of carboxylic acid groups (broad SMARTS) is 1. The van der Waals surface area contributed by atoms with E-state index in [1.54, 1.807) is 6.20 Å². The van der Waals surface area contributed by atoms with E-state index >= 15 is 0 Å². The number of alkyl halides is 3. The Bertz CT molecular complexity index is 795. The number of amides is 1. The lowest BCUT2D eigenvalue weighted by Crippen LogP contribution is -2.48. The summed E-state index contributed by atoms with van der Waals surface area (Å²) in [6.07, 6.45) is 2.11. The van der Waals surface area contributed by atoms with Gasteiger partial charge < -0.3 is 19.3 Å². The van der Waals surface area contributed by atoms with Gasteiger partial charge in [0.1, 0.15) is 5.65 Å². The van der Waals surface area contributed by atoms with Crippen LogP contribution < -0.4 is 4.90 Å². The van der Waals surface area contributed by atoms with E-state index < -0.39 is 12.1 Å². The van der Waals surface area contributed by atoms with Crippen LogP contribution >= 0.6 is 0 Å². The topological polar surface area (TPSA) is 78.2 Å². The van der Waals surface area contributed by atoms with Crippen molar-refractivity contribution in [3.05, 3.63) is 43.4 Å². The van der Waals surface area contributed by atoms with E-state index in [0.29, 0.717) is 0 Å². The summed E-state index contributed by atoms with van der Waals surface area (Å²) in [6.45, 7) is 6.71. The maximum absolute atomic E-state index is 11.5. The average Bonchev–Trinajstić information content (AvgIpc) is 3.08. The lowest BCUT2D eigenvalue weighted by molar-refractivity contribution is -0.192. The third-order valence-electron chi connectivity index (χ3n) is 3.75. The molecule has 26 heavy (non-hydrogen) atoms. The Morgan fingerprint density at radius 2 is 1.81 bits per heavy atom. The number of hydrogen-bond acceptors (Lipinski definition) is 4. The summed E-state index contributed by atoms with van der Waals surface area (Å²) in [4.78, 5) is 28.8. The van der Waals surface area contributed by atoms with Crippen LogP contribution in [0.15, 0.2) is 43.4 Å². The minimum absolute atomic E-state index is 0.0183. The van der Waals surface area contributed by atoms with E-state index in [0.717, 1.165) is 37.5 Å². The molecule has 0 aliphatic carbocycles. The summed E-state index contributed by atoms with van der Waals surface area (Å²) in [6, 6.07) is 4.09. The van der Waals surface area contributed by atoms with Gasteiger partial charge in [0.05, 0.1) is 5.69 Å². The molecule has 0 spiro atoms. The van der Waals surface area contributed by atoms with Crippen molar-refractivity contribution in [1.82, 2.24) is 14.3 Å². The number of imidazole rings is 1. The summed E-state index contributed by atoms with van der Waals surface area (Å²) in [7, 11) is 0. The maximum atomic E-state index is 11.5. The number of fused-ring (bicyclic) bond motifs is 1. The third-order valence-corrected chi connectivity index (χ3v) is 3.75. The molecule has 0 saturated carbocycles. The van der Waals surface area contributed by atoms with Crippen LogP contribution in [-0.2, 0) is 9.59 Å². The van der Waals surface area contributed by atoms with Crippen LogP contribution in [0.5, 0.6) is 0 Å². The molecule has 1 aliphatic rings. The Balaban J connectivity index is 0.000000298. The molecule has 3 heterocycles. The van der Waals surface area contributed by atoms with Gasteiger partial charge in [-0.1, -0.05) is 6.58 Å². The first-order valence-electron chi connectivity index (χ1n) is 7.61. The van der Waals surface area contributed by atoms with Crippen LogP contribution in [0.4, 0.5) is 18.9 Å². The van der Waals surface area contributed by atoms with Gasteiger partial charge in [-0.2, -0.15) is 13.2 Å². The molecular formula is C16H17F3N4O3. The van der Waals surface area contributed by atoms with Crippen LogP contribution in [0.2, 0.25) is 0 Å². The zero-order valence-electron chi connectivity index (χ0n) is 13.7. The second-order valence-corrected chi connectivity index (χ2v) is 5.40. The highest BCUT2D eigenvalue weighted by molar-refractivity contribution is 5.87. The van der Waals surface area contributed by atoms with Crippen molar-refractivity contribution in [2.45, 2.75) is 6.18 Å². The number of rotatable bonds is 2. The smallest absolute Gasteiger partial charge is 0.475 e. The van der Waals surface area contributed by atoms with E-state index in [4.69, 9.17) is 9.90 Å². The van der Waals surface area contributed by atoms with Crippen LogP contribution in [0.1, 0.15) is 0 Å². The van der Waals surface area contributed by atoms with Crippen LogP contribution in [0, 0.1) is 0 Å². The number of carbonyl (C=O) groups is 2. The van der Waals surface area contributed by atoms with E-state index in [1.165, 1.54) is 6.08 Å². The van der Waals surface area contributed by atoms with E-state index in [9.17, 15) is 18.0 Å². The molecule has 0 bridgehead atoms. The fraction of sp³-hybridized carbons (Fsp3) is 0.312. The highest BCUT2D eigenvalue weighted by atomic mass is 19.4. The Morgan fingerprint density at radius 3 is 2.35 bits per heavy atom. The van der Waals surface area contributed by atoms with E-state index in [-0.39, 0.29) is 5.91 Å². The lowest BCUT2D eigenvalue weighted by Gasteiger charge is -2.35. The van der Waals surface area contributed by atoms with E-state index in [2.05, 4.69) is 28.7 Å². The van der Waals surface area contributed by atoms with Crippen molar-refractivity contribution < 1.29 is 27.9 Å². The quantitative estimate of drug-likeness (QED) is 0.816. The molecule has 0 atom stereocenters. The van der Waals surface area contributed by atoms with Crippen molar-refractivity contribution in [2.75, 3.05) is 31.1 Å². The molecule has 10 heteroatoms. The predicted molar refractivity (Wildman–Crippen MR) is 87.9 cm³/mol. The van der Waals surface area contributed by atoms with Crippen molar-refractivity contribution in [3.63, 3.8) is 0 Å². The Labute approximate surface area is 146 Å². The van der Waals surface area contributed by atoms with Crippen LogP contribution in [0.3, 0.4) is 0 Å². The summed E-state index contributed by atoms with van der Waals surface area (Å²) < 4.78 is 33.7. The Morgan fingerprint density at radius 1 is 1.19 bits per heavy atom. The maximum Gasteiger partial charge on any atom is 0.490 e. The number of hydrogen-bond donors (Lipinski definition) is 1. The zero-order valence-corrected chi connectivity index (χ0v) is 13.7. The highest BCUT2D eigenvalue weighted by Gasteiger charge is 2.38. The third kappa shape index (κ3) is 4.74. The summed E-state index contributed by atoms with van der Waals surface area (Å²) in [5.74, 6) is -2.74. The molecule has 0 aromatic carbocycles. The summed E-state index contributed by atoms with van der Waals surface area (Å²) >= 11 is 0. The number of nitrogens with zero attached hydrogens (tertiary/aromatic N) is 4. The Hall–Kier alpha value is -3.04. The minimum atomic E-state index is -5.08. The van der Waals surface area contributed by atoms with Gasteiger partial charge >= 0.3 is 12.1 Å². The average molecular weight is 370 g/mol. The summed E-state index contributed by atoms with van der Waals surface area (Å²) in [5, 5.41) is 7.12. The molecule has 2 aromatic heterocycles. The first kappa shape index (κ1) is 19.3. The highest BCUT2D eigenvalue weighted by Crippen LogP contribution is 2.17. The van der Waals surface area contributed by atoms with Crippen molar-refractivity contribution in [3.8, 4) is 0 Å². The summed E-state index contributed by atoms with van der Waals surface area (Å²) in [5.41, 5.74) is 2.11. The predicted octanol–water partition coefficient (Wildman–Crippen LogP) is 1.80. The molecule has 0 unspecified atom stereocenters. The van der Waals surface area contributed by atoms with Gasteiger partial charge in [-0.25, -0.2) is 9.78 Å². The van der Waals surface area contributed by atoms with Crippen molar-refractivity contribution in [2.24, 2.45) is 0 Å². The monoisotopic (exact) mass is 370 g/mol. The largest absolute Gasteiger partial charge is 0.490 e. The second kappa shape index (κ2) is 7.89. The minimum Gasteiger partial charge on any atom is -0.475 e. The van der Waals surface area contributed by atoms with Gasteiger partial charge in [0.25, 0.3) is 0 Å². The number of halogens is 3. The molecule has 2 aromatic rings. The number of aromatic nitrogens is 2.